The molecule has 2 saturated heterocycles. The number of rotatable bonds is 3. The molecule has 2 aliphatic heterocycles. The van der Waals surface area contributed by atoms with E-state index >= 15 is 0 Å². The van der Waals surface area contributed by atoms with E-state index in [1.54, 1.807) is 11.6 Å². The van der Waals surface area contributed by atoms with E-state index in [9.17, 15) is 9.59 Å². The number of nitrogens with one attached hydrogen (secondary N) is 1. The van der Waals surface area contributed by atoms with Crippen LogP contribution in [0, 0.1) is 0 Å². The Hall–Kier alpha value is -1.77. The zero-order valence-electron chi connectivity index (χ0n) is 13.3. The molecule has 2 aromatic rings. The normalized spacial score (nSPS) is 25.2. The second-order valence-corrected chi connectivity index (χ2v) is 7.19. The number of carbonyl (C=O) groups excluding carboxylic acids is 1. The first kappa shape index (κ1) is 15.7. The molecule has 0 aromatic carbocycles. The fraction of sp³-hybridized carbons (Fsp3) is 0.562. The lowest BCUT2D eigenvalue weighted by Crippen LogP contribution is -2.53. The fourth-order valence-corrected chi connectivity index (χ4v) is 4.19. The average molecular weight is 348 g/mol. The summed E-state index contributed by atoms with van der Waals surface area (Å²) in [5.41, 5.74) is -0.248. The topological polar surface area (TPSA) is 75.9 Å². The summed E-state index contributed by atoms with van der Waals surface area (Å²) >= 11 is 1.37. The third-order valence-electron chi connectivity index (χ3n) is 4.81. The first-order valence-electron chi connectivity index (χ1n) is 8.31. The van der Waals surface area contributed by atoms with Crippen LogP contribution in [0.4, 0.5) is 0 Å². The van der Waals surface area contributed by atoms with Crippen molar-refractivity contribution in [3.63, 3.8) is 0 Å². The van der Waals surface area contributed by atoms with Gasteiger partial charge in [-0.05, 0) is 25.9 Å². The molecule has 0 saturated carbocycles. The van der Waals surface area contributed by atoms with E-state index in [-0.39, 0.29) is 29.1 Å². The molecule has 2 fully saturated rings. The van der Waals surface area contributed by atoms with E-state index in [4.69, 9.17) is 4.74 Å². The van der Waals surface area contributed by atoms with Gasteiger partial charge in [-0.25, -0.2) is 4.98 Å². The number of carbonyl (C=O) groups is 1. The maximum atomic E-state index is 12.6. The maximum absolute atomic E-state index is 12.6. The Kier molecular flexibility index (Phi) is 4.34. The van der Waals surface area contributed by atoms with Gasteiger partial charge in [-0.2, -0.15) is 0 Å². The molecular weight excluding hydrogens is 328 g/mol. The summed E-state index contributed by atoms with van der Waals surface area (Å²) in [4.78, 5) is 32.2. The molecule has 128 valence electrons. The van der Waals surface area contributed by atoms with E-state index in [1.165, 1.54) is 41.2 Å². The Morgan fingerprint density at radius 2 is 2.12 bits per heavy atom. The number of fused-ring (bicyclic) bond motifs is 1. The predicted molar refractivity (Wildman–Crippen MR) is 90.6 cm³/mol. The summed E-state index contributed by atoms with van der Waals surface area (Å²) < 4.78 is 7.00. The molecule has 1 amide bonds. The lowest BCUT2D eigenvalue weighted by atomic mass is 10.0. The number of thiazole rings is 1. The van der Waals surface area contributed by atoms with Crippen molar-refractivity contribution in [1.29, 1.82) is 0 Å². The highest BCUT2D eigenvalue weighted by Crippen LogP contribution is 2.19. The van der Waals surface area contributed by atoms with Gasteiger partial charge in [0.15, 0.2) is 4.96 Å². The van der Waals surface area contributed by atoms with Crippen LogP contribution >= 0.6 is 11.3 Å². The first-order valence-corrected chi connectivity index (χ1v) is 9.19. The van der Waals surface area contributed by atoms with Crippen LogP contribution in [0.5, 0.6) is 0 Å². The second kappa shape index (κ2) is 6.62. The Labute approximate surface area is 143 Å². The molecule has 0 spiro atoms. The quantitative estimate of drug-likeness (QED) is 0.885. The number of likely N-dealkylation sites (tertiary alicyclic amines) is 1. The van der Waals surface area contributed by atoms with Gasteiger partial charge in [-0.1, -0.05) is 6.42 Å². The minimum atomic E-state index is -0.370. The molecule has 0 aliphatic carbocycles. The smallest absolute Gasteiger partial charge is 0.271 e. The van der Waals surface area contributed by atoms with Gasteiger partial charge in [0.25, 0.3) is 11.5 Å². The summed E-state index contributed by atoms with van der Waals surface area (Å²) in [5, 5.41) is 4.77. The van der Waals surface area contributed by atoms with Crippen LogP contribution in [-0.2, 0) is 4.74 Å². The molecule has 4 rings (SSSR count). The number of aromatic nitrogens is 2. The van der Waals surface area contributed by atoms with Crippen molar-refractivity contribution in [2.45, 2.75) is 31.3 Å². The Bertz CT molecular complexity index is 796. The van der Waals surface area contributed by atoms with E-state index in [2.05, 4.69) is 15.2 Å². The van der Waals surface area contributed by atoms with Gasteiger partial charge in [0.1, 0.15) is 5.56 Å². The second-order valence-electron chi connectivity index (χ2n) is 6.31. The largest absolute Gasteiger partial charge is 0.378 e. The van der Waals surface area contributed by atoms with Gasteiger partial charge >= 0.3 is 0 Å². The van der Waals surface area contributed by atoms with Crippen LogP contribution < -0.4 is 10.9 Å². The molecular formula is C16H20N4O3S. The molecule has 8 heteroatoms. The Morgan fingerprint density at radius 3 is 2.96 bits per heavy atom. The summed E-state index contributed by atoms with van der Waals surface area (Å²) in [6.45, 7) is 3.21. The number of ether oxygens (including phenoxy) is 1. The van der Waals surface area contributed by atoms with E-state index < -0.39 is 0 Å². The van der Waals surface area contributed by atoms with E-state index in [0.29, 0.717) is 18.2 Å². The van der Waals surface area contributed by atoms with Crippen LogP contribution in [-0.4, -0.2) is 58.6 Å². The van der Waals surface area contributed by atoms with Crippen LogP contribution in [0.25, 0.3) is 4.96 Å². The van der Waals surface area contributed by atoms with Crippen molar-refractivity contribution in [2.75, 3.05) is 26.3 Å². The van der Waals surface area contributed by atoms with Crippen molar-refractivity contribution in [2.24, 2.45) is 0 Å². The van der Waals surface area contributed by atoms with E-state index in [1.807, 2.05) is 0 Å². The Balaban J connectivity index is 1.51. The molecule has 2 aromatic heterocycles. The van der Waals surface area contributed by atoms with Crippen molar-refractivity contribution in [3.05, 3.63) is 33.7 Å². The highest BCUT2D eigenvalue weighted by Gasteiger charge is 2.35. The molecule has 0 radical (unpaired) electrons. The monoisotopic (exact) mass is 348 g/mol. The number of nitrogens with zero attached hydrogens (tertiary/aromatic N) is 3. The third-order valence-corrected chi connectivity index (χ3v) is 5.58. The van der Waals surface area contributed by atoms with Gasteiger partial charge in [-0.15, -0.1) is 11.3 Å². The summed E-state index contributed by atoms with van der Waals surface area (Å²) in [7, 11) is 0. The SMILES string of the molecule is O=C(N[C@H]1COC[C@@H]1N1CCCCC1)c1cnc2sccn2c1=O. The molecule has 0 unspecified atom stereocenters. The van der Waals surface area contributed by atoms with Crippen LogP contribution in [0.1, 0.15) is 29.6 Å². The molecule has 2 atom stereocenters. The molecule has 7 nitrogen and oxygen atoms in total. The summed E-state index contributed by atoms with van der Waals surface area (Å²) in [5.74, 6) is -0.370. The van der Waals surface area contributed by atoms with Gasteiger partial charge < -0.3 is 10.1 Å². The zero-order valence-corrected chi connectivity index (χ0v) is 14.1. The summed E-state index contributed by atoms with van der Waals surface area (Å²) in [6, 6.07) is 0.105. The van der Waals surface area contributed by atoms with Crippen LogP contribution in [0.2, 0.25) is 0 Å². The van der Waals surface area contributed by atoms with Gasteiger partial charge in [0.2, 0.25) is 0 Å². The van der Waals surface area contributed by atoms with Gasteiger partial charge in [-0.3, -0.25) is 18.9 Å². The number of hydrogen-bond acceptors (Lipinski definition) is 6. The third kappa shape index (κ3) is 2.85. The van der Waals surface area contributed by atoms with Crippen molar-refractivity contribution in [3.8, 4) is 0 Å². The van der Waals surface area contributed by atoms with E-state index in [0.717, 1.165) is 13.1 Å². The van der Waals surface area contributed by atoms with Crippen molar-refractivity contribution < 1.29 is 9.53 Å². The number of hydrogen-bond donors (Lipinski definition) is 1. The number of amides is 1. The molecule has 24 heavy (non-hydrogen) atoms. The number of piperidine rings is 1. The fourth-order valence-electron chi connectivity index (χ4n) is 3.52. The lowest BCUT2D eigenvalue weighted by Gasteiger charge is -2.34. The van der Waals surface area contributed by atoms with Crippen LogP contribution in [0.15, 0.2) is 22.6 Å². The van der Waals surface area contributed by atoms with Crippen molar-refractivity contribution in [1.82, 2.24) is 19.6 Å². The summed E-state index contributed by atoms with van der Waals surface area (Å²) in [6.07, 6.45) is 6.66. The average Bonchev–Trinajstić information content (AvgIpc) is 3.25. The molecule has 0 bridgehead atoms. The Morgan fingerprint density at radius 1 is 1.29 bits per heavy atom. The minimum absolute atomic E-state index is 0.0789. The van der Waals surface area contributed by atoms with Crippen LogP contribution in [0.3, 0.4) is 0 Å². The predicted octanol–water partition coefficient (Wildman–Crippen LogP) is 0.739. The minimum Gasteiger partial charge on any atom is -0.378 e. The zero-order chi connectivity index (χ0) is 16.5. The van der Waals surface area contributed by atoms with Gasteiger partial charge in [0.05, 0.1) is 25.3 Å². The highest BCUT2D eigenvalue weighted by atomic mass is 32.1. The maximum Gasteiger partial charge on any atom is 0.271 e. The highest BCUT2D eigenvalue weighted by molar-refractivity contribution is 7.15. The molecule has 1 N–H and O–H groups in total. The van der Waals surface area contributed by atoms with Crippen molar-refractivity contribution >= 4 is 22.2 Å². The standard InChI is InChI=1S/C16H20N4O3S/c21-14(11-8-17-16-20(15(11)22)6-7-24-16)18-12-9-23-10-13(12)19-4-2-1-3-5-19/h6-8,12-13H,1-5,9-10H2,(H,18,21)/t12-,13-/m0/s1. The first-order chi connectivity index (χ1) is 11.7. The molecule has 4 heterocycles. The van der Waals surface area contributed by atoms with Gasteiger partial charge in [0, 0.05) is 17.8 Å². The lowest BCUT2D eigenvalue weighted by molar-refractivity contribution is 0.0898. The molecule has 2 aliphatic rings.